The summed E-state index contributed by atoms with van der Waals surface area (Å²) in [6, 6.07) is 8.63. The lowest BCUT2D eigenvalue weighted by Gasteiger charge is -2.05. The Kier molecular flexibility index (Phi) is 3.81. The lowest BCUT2D eigenvalue weighted by atomic mass is 10.5. The van der Waals surface area contributed by atoms with Crippen LogP contribution in [0.25, 0.3) is 0 Å². The zero-order chi connectivity index (χ0) is 13.0. The SMILES string of the molecule is N#Cc1ccc(S(=O)(=O)NCCn2cccc2)s1. The van der Waals surface area contributed by atoms with Gasteiger partial charge in [0.2, 0.25) is 10.0 Å². The maximum absolute atomic E-state index is 11.9. The van der Waals surface area contributed by atoms with Gasteiger partial charge in [-0.1, -0.05) is 0 Å². The minimum atomic E-state index is -3.50. The molecule has 7 heteroatoms. The summed E-state index contributed by atoms with van der Waals surface area (Å²) in [6.45, 7) is 0.888. The van der Waals surface area contributed by atoms with Crippen LogP contribution in [0.2, 0.25) is 0 Å². The first-order chi connectivity index (χ1) is 8.62. The van der Waals surface area contributed by atoms with Gasteiger partial charge in [-0.25, -0.2) is 13.1 Å². The summed E-state index contributed by atoms with van der Waals surface area (Å²) in [7, 11) is -3.50. The fourth-order valence-electron chi connectivity index (χ4n) is 1.42. The van der Waals surface area contributed by atoms with Crippen molar-refractivity contribution >= 4 is 21.4 Å². The molecule has 0 bridgehead atoms. The first-order valence-corrected chi connectivity index (χ1v) is 7.52. The molecule has 5 nitrogen and oxygen atoms in total. The fourth-order valence-corrected chi connectivity index (χ4v) is 3.59. The first kappa shape index (κ1) is 12.8. The topological polar surface area (TPSA) is 74.9 Å². The monoisotopic (exact) mass is 281 g/mol. The van der Waals surface area contributed by atoms with Gasteiger partial charge in [0, 0.05) is 25.5 Å². The number of rotatable bonds is 5. The molecule has 0 amide bonds. The zero-order valence-corrected chi connectivity index (χ0v) is 11.0. The minimum Gasteiger partial charge on any atom is -0.353 e. The normalized spacial score (nSPS) is 11.3. The molecule has 1 N–H and O–H groups in total. The van der Waals surface area contributed by atoms with Crippen molar-refractivity contribution in [3.63, 3.8) is 0 Å². The molecule has 0 saturated heterocycles. The number of hydrogen-bond donors (Lipinski definition) is 1. The second kappa shape index (κ2) is 5.35. The number of hydrogen-bond acceptors (Lipinski definition) is 4. The predicted molar refractivity (Wildman–Crippen MR) is 68.7 cm³/mol. The van der Waals surface area contributed by atoms with E-state index < -0.39 is 10.0 Å². The highest BCUT2D eigenvalue weighted by Gasteiger charge is 2.15. The van der Waals surface area contributed by atoms with Gasteiger partial charge in [-0.15, -0.1) is 11.3 Å². The van der Waals surface area contributed by atoms with Crippen molar-refractivity contribution in [3.05, 3.63) is 41.5 Å². The summed E-state index contributed by atoms with van der Waals surface area (Å²) in [4.78, 5) is 0.390. The van der Waals surface area contributed by atoms with Crippen molar-refractivity contribution in [1.29, 1.82) is 5.26 Å². The molecule has 0 aliphatic carbocycles. The van der Waals surface area contributed by atoms with E-state index in [9.17, 15) is 8.42 Å². The Bertz CT molecular complexity index is 651. The van der Waals surface area contributed by atoms with Crippen LogP contribution in [-0.4, -0.2) is 19.5 Å². The Morgan fingerprint density at radius 3 is 2.67 bits per heavy atom. The third kappa shape index (κ3) is 2.98. The van der Waals surface area contributed by atoms with Crippen LogP contribution in [0.15, 0.2) is 40.9 Å². The van der Waals surface area contributed by atoms with Gasteiger partial charge in [-0.05, 0) is 24.3 Å². The average Bonchev–Trinajstić information content (AvgIpc) is 2.99. The van der Waals surface area contributed by atoms with E-state index in [4.69, 9.17) is 5.26 Å². The van der Waals surface area contributed by atoms with Gasteiger partial charge in [0.05, 0.1) is 0 Å². The highest BCUT2D eigenvalue weighted by molar-refractivity contribution is 7.91. The molecule has 2 rings (SSSR count). The molecule has 0 atom stereocenters. The van der Waals surface area contributed by atoms with Gasteiger partial charge in [-0.2, -0.15) is 5.26 Å². The maximum Gasteiger partial charge on any atom is 0.250 e. The third-order valence-corrected chi connectivity index (χ3v) is 5.23. The van der Waals surface area contributed by atoms with E-state index in [0.29, 0.717) is 18.0 Å². The Morgan fingerprint density at radius 2 is 2.06 bits per heavy atom. The van der Waals surface area contributed by atoms with E-state index in [0.717, 1.165) is 11.3 Å². The van der Waals surface area contributed by atoms with Crippen LogP contribution in [0.4, 0.5) is 0 Å². The van der Waals surface area contributed by atoms with E-state index >= 15 is 0 Å². The van der Waals surface area contributed by atoms with Crippen LogP contribution in [0.1, 0.15) is 4.88 Å². The van der Waals surface area contributed by atoms with Crippen LogP contribution in [0.3, 0.4) is 0 Å². The predicted octanol–water partition coefficient (Wildman–Crippen LogP) is 1.40. The van der Waals surface area contributed by atoms with Crippen molar-refractivity contribution in [2.24, 2.45) is 0 Å². The maximum atomic E-state index is 11.9. The second-order valence-corrected chi connectivity index (χ2v) is 6.63. The second-order valence-electron chi connectivity index (χ2n) is 3.55. The van der Waals surface area contributed by atoms with Crippen LogP contribution >= 0.6 is 11.3 Å². The molecule has 2 aromatic rings. The van der Waals surface area contributed by atoms with E-state index in [2.05, 4.69) is 4.72 Å². The molecular weight excluding hydrogens is 270 g/mol. The van der Waals surface area contributed by atoms with E-state index in [1.54, 1.807) is 0 Å². The van der Waals surface area contributed by atoms with Gasteiger partial charge in [0.15, 0.2) is 0 Å². The minimum absolute atomic E-state index is 0.173. The molecule has 0 aromatic carbocycles. The Balaban J connectivity index is 1.97. The number of aromatic nitrogens is 1. The van der Waals surface area contributed by atoms with E-state index in [-0.39, 0.29) is 4.21 Å². The van der Waals surface area contributed by atoms with Gasteiger partial charge in [0.1, 0.15) is 15.2 Å². The lowest BCUT2D eigenvalue weighted by Crippen LogP contribution is -2.26. The summed E-state index contributed by atoms with van der Waals surface area (Å²) in [5.74, 6) is 0. The largest absolute Gasteiger partial charge is 0.353 e. The van der Waals surface area contributed by atoms with E-state index in [1.165, 1.54) is 12.1 Å². The molecule has 2 heterocycles. The summed E-state index contributed by atoms with van der Waals surface area (Å²) < 4.78 is 28.3. The van der Waals surface area contributed by atoms with Crippen molar-refractivity contribution in [2.75, 3.05) is 6.54 Å². The number of sulfonamides is 1. The smallest absolute Gasteiger partial charge is 0.250 e. The highest BCUT2D eigenvalue weighted by atomic mass is 32.2. The zero-order valence-electron chi connectivity index (χ0n) is 9.41. The third-order valence-electron chi connectivity index (χ3n) is 2.28. The van der Waals surface area contributed by atoms with Crippen LogP contribution in [-0.2, 0) is 16.6 Å². The van der Waals surface area contributed by atoms with Gasteiger partial charge in [0.25, 0.3) is 0 Å². The van der Waals surface area contributed by atoms with Crippen LogP contribution < -0.4 is 4.72 Å². The highest BCUT2D eigenvalue weighted by Crippen LogP contribution is 2.20. The molecule has 0 radical (unpaired) electrons. The van der Waals surface area contributed by atoms with Crippen molar-refractivity contribution in [3.8, 4) is 6.07 Å². The molecule has 18 heavy (non-hydrogen) atoms. The molecule has 0 fully saturated rings. The molecule has 2 aromatic heterocycles. The molecular formula is C11H11N3O2S2. The number of nitrogens with zero attached hydrogens (tertiary/aromatic N) is 2. The number of thiophene rings is 1. The Morgan fingerprint density at radius 1 is 1.33 bits per heavy atom. The van der Waals surface area contributed by atoms with E-state index in [1.807, 2.05) is 35.2 Å². The quantitative estimate of drug-likeness (QED) is 0.900. The summed E-state index contributed by atoms with van der Waals surface area (Å²) in [5.41, 5.74) is 0. The molecule has 0 aliphatic rings. The fraction of sp³-hybridized carbons (Fsp3) is 0.182. The van der Waals surface area contributed by atoms with Crippen molar-refractivity contribution < 1.29 is 8.42 Å². The molecule has 0 aliphatic heterocycles. The number of nitrogens with one attached hydrogen (secondary N) is 1. The van der Waals surface area contributed by atoms with Crippen LogP contribution in [0, 0.1) is 11.3 Å². The van der Waals surface area contributed by atoms with Crippen molar-refractivity contribution in [2.45, 2.75) is 10.8 Å². The van der Waals surface area contributed by atoms with Gasteiger partial charge >= 0.3 is 0 Å². The van der Waals surface area contributed by atoms with Gasteiger partial charge < -0.3 is 4.57 Å². The Hall–Kier alpha value is -1.62. The standard InChI is InChI=1S/C11H11N3O2S2/c12-9-10-3-4-11(17-10)18(15,16)13-5-8-14-6-1-2-7-14/h1-4,6-7,13H,5,8H2. The summed E-state index contributed by atoms with van der Waals surface area (Å²) in [6.07, 6.45) is 3.74. The average molecular weight is 281 g/mol. The Labute approximate surface area is 109 Å². The summed E-state index contributed by atoms with van der Waals surface area (Å²) in [5, 5.41) is 8.66. The summed E-state index contributed by atoms with van der Waals surface area (Å²) >= 11 is 0.969. The molecule has 0 saturated carbocycles. The molecule has 94 valence electrons. The van der Waals surface area contributed by atoms with Crippen LogP contribution in [0.5, 0.6) is 0 Å². The van der Waals surface area contributed by atoms with Crippen molar-refractivity contribution in [1.82, 2.24) is 9.29 Å². The lowest BCUT2D eigenvalue weighted by molar-refractivity contribution is 0.575. The number of nitriles is 1. The molecule has 0 spiro atoms. The molecule has 0 unspecified atom stereocenters. The first-order valence-electron chi connectivity index (χ1n) is 5.22. The van der Waals surface area contributed by atoms with Gasteiger partial charge in [-0.3, -0.25) is 0 Å².